The van der Waals surface area contributed by atoms with Crippen LogP contribution in [-0.4, -0.2) is 53.8 Å². The highest BCUT2D eigenvalue weighted by atomic mass is 16.2. The van der Waals surface area contributed by atoms with E-state index in [1.54, 1.807) is 0 Å². The van der Waals surface area contributed by atoms with Gasteiger partial charge in [0.1, 0.15) is 0 Å². The third-order valence-electron chi connectivity index (χ3n) is 4.50. The third kappa shape index (κ3) is 4.07. The lowest BCUT2D eigenvalue weighted by molar-refractivity contribution is -0.133. The summed E-state index contributed by atoms with van der Waals surface area (Å²) in [6, 6.07) is 7.92. The highest BCUT2D eigenvalue weighted by Crippen LogP contribution is 2.12. The van der Waals surface area contributed by atoms with Crippen molar-refractivity contribution in [2.24, 2.45) is 5.73 Å². The van der Waals surface area contributed by atoms with Gasteiger partial charge in [0.15, 0.2) is 0 Å². The van der Waals surface area contributed by atoms with Gasteiger partial charge in [-0.25, -0.2) is 0 Å². The molecule has 0 spiro atoms. The van der Waals surface area contributed by atoms with Gasteiger partial charge in [-0.3, -0.25) is 14.5 Å². The molecule has 2 N–H and O–H groups in total. The van der Waals surface area contributed by atoms with Gasteiger partial charge in [-0.05, 0) is 31.4 Å². The average Bonchev–Trinajstić information content (AvgIpc) is 2.53. The number of aryl methyl sites for hydroxylation is 2. The summed E-state index contributed by atoms with van der Waals surface area (Å²) in [6.07, 6.45) is 1.32. The lowest BCUT2D eigenvalue weighted by Crippen LogP contribution is -2.54. The first-order valence-electron chi connectivity index (χ1n) is 7.84. The van der Waals surface area contributed by atoms with E-state index < -0.39 is 0 Å². The fraction of sp³-hybridized carbons (Fsp3) is 0.529. The molecule has 1 aliphatic heterocycles. The molecule has 2 amide bonds. The van der Waals surface area contributed by atoms with E-state index in [9.17, 15) is 9.59 Å². The van der Waals surface area contributed by atoms with E-state index in [1.165, 1.54) is 11.1 Å². The average molecular weight is 303 g/mol. The molecule has 0 bridgehead atoms. The first-order valence-corrected chi connectivity index (χ1v) is 7.84. The van der Waals surface area contributed by atoms with Gasteiger partial charge < -0.3 is 10.6 Å². The van der Waals surface area contributed by atoms with Gasteiger partial charge in [0.05, 0.1) is 6.04 Å². The molecule has 1 heterocycles. The van der Waals surface area contributed by atoms with Crippen LogP contribution in [0.3, 0.4) is 0 Å². The van der Waals surface area contributed by atoms with Crippen LogP contribution < -0.4 is 5.73 Å². The second-order valence-corrected chi connectivity index (χ2v) is 5.92. The van der Waals surface area contributed by atoms with Gasteiger partial charge in [-0.15, -0.1) is 0 Å². The lowest BCUT2D eigenvalue weighted by atomic mass is 10.0. The summed E-state index contributed by atoms with van der Waals surface area (Å²) in [7, 11) is 0. The molecule has 5 heteroatoms. The van der Waals surface area contributed by atoms with Crippen molar-refractivity contribution in [3.63, 3.8) is 0 Å². The number of carbonyl (C=O) groups is 2. The molecule has 0 saturated carbocycles. The quantitative estimate of drug-likeness (QED) is 0.880. The van der Waals surface area contributed by atoms with E-state index in [0.29, 0.717) is 32.6 Å². The minimum Gasteiger partial charge on any atom is -0.368 e. The smallest absolute Gasteiger partial charge is 0.234 e. The minimum absolute atomic E-state index is 0.189. The fourth-order valence-electron chi connectivity index (χ4n) is 2.83. The Kier molecular flexibility index (Phi) is 5.55. The molecule has 1 fully saturated rings. The first kappa shape index (κ1) is 16.5. The number of benzene rings is 1. The second kappa shape index (κ2) is 7.40. The Labute approximate surface area is 132 Å². The molecule has 1 aromatic carbocycles. The zero-order valence-corrected chi connectivity index (χ0v) is 13.4. The Morgan fingerprint density at radius 1 is 1.18 bits per heavy atom. The van der Waals surface area contributed by atoms with Crippen LogP contribution in [0.1, 0.15) is 24.5 Å². The van der Waals surface area contributed by atoms with Crippen molar-refractivity contribution in [1.82, 2.24) is 9.80 Å². The number of hydrogen-bond acceptors (Lipinski definition) is 3. The molecule has 0 radical (unpaired) electrons. The van der Waals surface area contributed by atoms with Gasteiger partial charge in [0.2, 0.25) is 11.8 Å². The molecule has 0 aliphatic carbocycles. The van der Waals surface area contributed by atoms with E-state index in [0.717, 1.165) is 6.42 Å². The van der Waals surface area contributed by atoms with Gasteiger partial charge in [0.25, 0.3) is 0 Å². The number of nitrogens with zero attached hydrogens (tertiary/aromatic N) is 2. The summed E-state index contributed by atoms with van der Waals surface area (Å²) in [5, 5.41) is 0. The molecule has 5 nitrogen and oxygen atoms in total. The zero-order chi connectivity index (χ0) is 16.1. The monoisotopic (exact) mass is 303 g/mol. The van der Waals surface area contributed by atoms with Crippen molar-refractivity contribution in [1.29, 1.82) is 0 Å². The molecular formula is C17H25N3O2. The van der Waals surface area contributed by atoms with Crippen LogP contribution in [0.4, 0.5) is 0 Å². The van der Waals surface area contributed by atoms with Crippen molar-refractivity contribution in [2.75, 3.05) is 26.2 Å². The molecule has 120 valence electrons. The predicted molar refractivity (Wildman–Crippen MR) is 86.3 cm³/mol. The number of piperazine rings is 1. The summed E-state index contributed by atoms with van der Waals surface area (Å²) >= 11 is 0. The summed E-state index contributed by atoms with van der Waals surface area (Å²) in [4.78, 5) is 27.4. The van der Waals surface area contributed by atoms with Crippen LogP contribution in [0.5, 0.6) is 0 Å². The largest absolute Gasteiger partial charge is 0.368 e. The number of hydrogen-bond donors (Lipinski definition) is 1. The Morgan fingerprint density at radius 3 is 2.41 bits per heavy atom. The maximum Gasteiger partial charge on any atom is 0.234 e. The SMILES string of the molecule is Cc1ccccc1CCC(=O)N1CCN(C(C)C(N)=O)CC1. The molecule has 1 atom stereocenters. The van der Waals surface area contributed by atoms with Gasteiger partial charge in [-0.1, -0.05) is 24.3 Å². The third-order valence-corrected chi connectivity index (χ3v) is 4.50. The highest BCUT2D eigenvalue weighted by molar-refractivity contribution is 5.79. The van der Waals surface area contributed by atoms with Gasteiger partial charge >= 0.3 is 0 Å². The standard InChI is InChI=1S/C17H25N3O2/c1-13-5-3-4-6-15(13)7-8-16(21)20-11-9-19(10-12-20)14(2)17(18)22/h3-6,14H,7-12H2,1-2H3,(H2,18,22). The summed E-state index contributed by atoms with van der Waals surface area (Å²) in [6.45, 7) is 6.65. The van der Waals surface area contributed by atoms with Crippen LogP contribution in [0.15, 0.2) is 24.3 Å². The first-order chi connectivity index (χ1) is 10.5. The van der Waals surface area contributed by atoms with E-state index in [1.807, 2.05) is 28.9 Å². The van der Waals surface area contributed by atoms with Gasteiger partial charge in [0, 0.05) is 32.6 Å². The van der Waals surface area contributed by atoms with Crippen molar-refractivity contribution >= 4 is 11.8 Å². The van der Waals surface area contributed by atoms with Crippen molar-refractivity contribution in [3.05, 3.63) is 35.4 Å². The predicted octanol–water partition coefficient (Wildman–Crippen LogP) is 0.946. The molecule has 0 aromatic heterocycles. The fourth-order valence-corrected chi connectivity index (χ4v) is 2.83. The number of primary amides is 1. The zero-order valence-electron chi connectivity index (χ0n) is 13.4. The maximum absolute atomic E-state index is 12.3. The van der Waals surface area contributed by atoms with Crippen LogP contribution >= 0.6 is 0 Å². The summed E-state index contributed by atoms with van der Waals surface area (Å²) in [5.41, 5.74) is 7.79. The van der Waals surface area contributed by atoms with E-state index >= 15 is 0 Å². The number of amides is 2. The molecule has 22 heavy (non-hydrogen) atoms. The van der Waals surface area contributed by atoms with Gasteiger partial charge in [-0.2, -0.15) is 0 Å². The van der Waals surface area contributed by atoms with E-state index in [4.69, 9.17) is 5.73 Å². The Hall–Kier alpha value is -1.88. The van der Waals surface area contributed by atoms with E-state index in [-0.39, 0.29) is 17.9 Å². The molecule has 2 rings (SSSR count). The van der Waals surface area contributed by atoms with Crippen molar-refractivity contribution in [2.45, 2.75) is 32.7 Å². The molecule has 1 unspecified atom stereocenters. The summed E-state index contributed by atoms with van der Waals surface area (Å²) in [5.74, 6) is -0.117. The maximum atomic E-state index is 12.3. The Bertz CT molecular complexity index is 536. The molecule has 1 saturated heterocycles. The van der Waals surface area contributed by atoms with E-state index in [2.05, 4.69) is 19.1 Å². The molecule has 1 aliphatic rings. The van der Waals surface area contributed by atoms with Crippen LogP contribution in [-0.2, 0) is 16.0 Å². The highest BCUT2D eigenvalue weighted by Gasteiger charge is 2.25. The topological polar surface area (TPSA) is 66.6 Å². The van der Waals surface area contributed by atoms with Crippen LogP contribution in [0.25, 0.3) is 0 Å². The van der Waals surface area contributed by atoms with Crippen molar-refractivity contribution < 1.29 is 9.59 Å². The molecular weight excluding hydrogens is 278 g/mol. The number of carbonyl (C=O) groups excluding carboxylic acids is 2. The minimum atomic E-state index is -0.306. The second-order valence-electron chi connectivity index (χ2n) is 5.92. The summed E-state index contributed by atoms with van der Waals surface area (Å²) < 4.78 is 0. The Balaban J connectivity index is 1.80. The lowest BCUT2D eigenvalue weighted by Gasteiger charge is -2.37. The van der Waals surface area contributed by atoms with Crippen molar-refractivity contribution in [3.8, 4) is 0 Å². The number of rotatable bonds is 5. The normalized spacial score (nSPS) is 17.3. The van der Waals surface area contributed by atoms with Crippen LogP contribution in [0, 0.1) is 6.92 Å². The van der Waals surface area contributed by atoms with Crippen LogP contribution in [0.2, 0.25) is 0 Å². The molecule has 1 aromatic rings. The number of nitrogens with two attached hydrogens (primary N) is 1. The Morgan fingerprint density at radius 2 is 1.82 bits per heavy atom.